The lowest BCUT2D eigenvalue weighted by atomic mass is 10.1. The van der Waals surface area contributed by atoms with Crippen LogP contribution in [0.3, 0.4) is 0 Å². The van der Waals surface area contributed by atoms with E-state index in [0.29, 0.717) is 6.54 Å². The Labute approximate surface area is 164 Å². The Morgan fingerprint density at radius 2 is 1.82 bits per heavy atom. The minimum Gasteiger partial charge on any atom is -0.387 e. The highest BCUT2D eigenvalue weighted by atomic mass is 31.2. The van der Waals surface area contributed by atoms with Gasteiger partial charge in [-0.2, -0.15) is 5.26 Å². The molecule has 0 aliphatic carbocycles. The van der Waals surface area contributed by atoms with Crippen LogP contribution < -0.4 is 10.4 Å². The van der Waals surface area contributed by atoms with E-state index in [0.717, 1.165) is 0 Å². The zero-order valence-corrected chi connectivity index (χ0v) is 17.3. The van der Waals surface area contributed by atoms with Crippen LogP contribution in [0.2, 0.25) is 0 Å². The Hall–Kier alpha value is -0.630. The van der Waals surface area contributed by atoms with Crippen LogP contribution in [0.15, 0.2) is 0 Å². The summed E-state index contributed by atoms with van der Waals surface area (Å²) in [5, 5.41) is 24.6. The first-order valence-corrected chi connectivity index (χ1v) is 11.1. The molecule has 2 fully saturated rings. The van der Waals surface area contributed by atoms with Gasteiger partial charge in [-0.15, -0.1) is 0 Å². The van der Waals surface area contributed by atoms with Crippen molar-refractivity contribution < 1.29 is 32.4 Å². The van der Waals surface area contributed by atoms with Gasteiger partial charge >= 0.3 is 0 Å². The van der Waals surface area contributed by atoms with Crippen molar-refractivity contribution in [2.24, 2.45) is 0 Å². The highest BCUT2D eigenvalue weighted by molar-refractivity contribution is 7.62. The lowest BCUT2D eigenvalue weighted by molar-refractivity contribution is 0.0151. The second-order valence-electron chi connectivity index (χ2n) is 7.04. The first-order chi connectivity index (χ1) is 13.2. The van der Waals surface area contributed by atoms with Gasteiger partial charge in [0.05, 0.1) is 43.5 Å². The zero-order valence-electron chi connectivity index (χ0n) is 16.4. The van der Waals surface area contributed by atoms with Gasteiger partial charge < -0.3 is 28.9 Å². The highest BCUT2D eigenvalue weighted by Crippen LogP contribution is 2.48. The molecule has 0 radical (unpaired) electrons. The largest absolute Gasteiger partial charge is 0.387 e. The molecule has 11 heteroatoms. The van der Waals surface area contributed by atoms with Gasteiger partial charge in [-0.3, -0.25) is 5.09 Å². The fourth-order valence-electron chi connectivity index (χ4n) is 3.25. The van der Waals surface area contributed by atoms with Crippen molar-refractivity contribution >= 4 is 13.8 Å². The summed E-state index contributed by atoms with van der Waals surface area (Å²) in [4.78, 5) is 0. The Morgan fingerprint density at radius 3 is 2.39 bits per heavy atom. The maximum Gasteiger partial charge on any atom is 0.187 e. The molecule has 0 saturated carbocycles. The number of aliphatic hydroxyl groups is 1. The van der Waals surface area contributed by atoms with E-state index in [1.165, 1.54) is 6.92 Å². The third-order valence-corrected chi connectivity index (χ3v) is 6.66. The fraction of sp³-hybridized carbons (Fsp3) is 0.882. The molecule has 8 nitrogen and oxygen atoms in total. The van der Waals surface area contributed by atoms with Crippen molar-refractivity contribution in [3.8, 4) is 6.07 Å². The van der Waals surface area contributed by atoms with E-state index in [-0.39, 0.29) is 19.6 Å². The van der Waals surface area contributed by atoms with E-state index in [9.17, 15) is 13.9 Å². The highest BCUT2D eigenvalue weighted by Gasteiger charge is 2.46. The van der Waals surface area contributed by atoms with Crippen LogP contribution in [0.4, 0.5) is 8.78 Å². The monoisotopic (exact) mass is 425 g/mol. The molecule has 2 rings (SSSR count). The van der Waals surface area contributed by atoms with Crippen LogP contribution in [0.1, 0.15) is 20.3 Å². The molecule has 3 N–H and O–H groups in total. The molecule has 0 bridgehead atoms. The zero-order chi connectivity index (χ0) is 20.9. The fourth-order valence-corrected chi connectivity index (χ4v) is 4.97. The molecular weight excluding hydrogens is 395 g/mol. The number of alkyl halides is 2. The smallest absolute Gasteiger partial charge is 0.187 e. The molecule has 0 aromatic rings. The number of halogens is 2. The van der Waals surface area contributed by atoms with Crippen LogP contribution in [0.25, 0.3) is 0 Å². The maximum absolute atomic E-state index is 14.6. The van der Waals surface area contributed by atoms with Crippen LogP contribution in [-0.4, -0.2) is 87.1 Å². The van der Waals surface area contributed by atoms with Gasteiger partial charge in [0, 0.05) is 13.1 Å². The molecule has 9 atom stereocenters. The first-order valence-electron chi connectivity index (χ1n) is 9.32. The minimum atomic E-state index is -3.10. The third-order valence-electron chi connectivity index (χ3n) is 4.81. The predicted octanol–water partition coefficient (Wildman–Crippen LogP) is 0.917. The summed E-state index contributed by atoms with van der Waals surface area (Å²) in [5.41, 5.74) is 0. The molecule has 0 amide bonds. The SMILES string of the molecule is C=P(NC[C@H]1O[C@@H](C)[C@@H](F)C1O)(OCCC#N)OC1[C@@H](CNC)O[C@@H](C)[C@H]1F. The summed E-state index contributed by atoms with van der Waals surface area (Å²) < 4.78 is 51.0. The van der Waals surface area contributed by atoms with Crippen LogP contribution >= 0.6 is 7.49 Å². The molecule has 2 saturated heterocycles. The topological polar surface area (TPSA) is 105 Å². The Morgan fingerprint density at radius 1 is 1.18 bits per heavy atom. The van der Waals surface area contributed by atoms with Crippen LogP contribution in [-0.2, 0) is 18.5 Å². The van der Waals surface area contributed by atoms with Crippen LogP contribution in [0.5, 0.6) is 0 Å². The van der Waals surface area contributed by atoms with Crippen molar-refractivity contribution in [1.29, 1.82) is 5.26 Å². The number of aliphatic hydroxyl groups excluding tert-OH is 1. The number of ether oxygens (including phenoxy) is 2. The van der Waals surface area contributed by atoms with E-state index < -0.39 is 56.5 Å². The van der Waals surface area contributed by atoms with Gasteiger partial charge in [-0.25, -0.2) is 8.78 Å². The van der Waals surface area contributed by atoms with Crippen LogP contribution in [0, 0.1) is 11.3 Å². The maximum atomic E-state index is 14.6. The van der Waals surface area contributed by atoms with E-state index in [4.69, 9.17) is 23.8 Å². The first kappa shape index (κ1) is 23.6. The van der Waals surface area contributed by atoms with Crippen molar-refractivity contribution in [1.82, 2.24) is 10.4 Å². The summed E-state index contributed by atoms with van der Waals surface area (Å²) in [5.74, 6) is 0. The number of nitriles is 1. The number of rotatable bonds is 10. The molecule has 3 unspecified atom stereocenters. The molecule has 28 heavy (non-hydrogen) atoms. The standard InChI is InChI=1S/C17H30F2N3O5P/c1-10-14(18)16(23)12(25-10)9-22-28(4,24-7-5-6-20)27-17-13(8-21-3)26-11(2)15(17)19/h10-17,21-23H,4-5,7-9H2,1-3H3/t10-,11-,12+,13+,14+,15+,16?,17?,28?/m0/s1. The van der Waals surface area contributed by atoms with Crippen molar-refractivity contribution in [3.05, 3.63) is 0 Å². The van der Waals surface area contributed by atoms with Gasteiger partial charge in [-0.05, 0) is 27.2 Å². The second kappa shape index (κ2) is 10.4. The van der Waals surface area contributed by atoms with E-state index in [1.807, 2.05) is 6.07 Å². The summed E-state index contributed by atoms with van der Waals surface area (Å²) in [6.45, 7) is 3.57. The summed E-state index contributed by atoms with van der Waals surface area (Å²) >= 11 is 0. The Bertz CT molecular complexity index is 596. The second-order valence-corrected chi connectivity index (χ2v) is 9.18. The average molecular weight is 425 g/mol. The van der Waals surface area contributed by atoms with E-state index in [1.54, 1.807) is 14.0 Å². The molecule has 162 valence electrons. The van der Waals surface area contributed by atoms with Gasteiger partial charge in [0.1, 0.15) is 12.2 Å². The molecule has 2 aliphatic rings. The molecule has 0 aromatic carbocycles. The van der Waals surface area contributed by atoms with Gasteiger partial charge in [0.15, 0.2) is 19.8 Å². The number of likely N-dealkylation sites (N-methyl/N-ethyl adjacent to an activating group) is 1. The number of hydrogen-bond donors (Lipinski definition) is 3. The van der Waals surface area contributed by atoms with E-state index >= 15 is 0 Å². The third kappa shape index (κ3) is 5.71. The molecule has 2 aliphatic heterocycles. The number of hydrogen-bond acceptors (Lipinski definition) is 8. The average Bonchev–Trinajstić information content (AvgIpc) is 3.05. The molecule has 0 spiro atoms. The predicted molar refractivity (Wildman–Crippen MR) is 101 cm³/mol. The summed E-state index contributed by atoms with van der Waals surface area (Å²) in [7, 11) is -1.38. The summed E-state index contributed by atoms with van der Waals surface area (Å²) in [6.07, 6.45) is -3.79. The van der Waals surface area contributed by atoms with E-state index in [2.05, 4.69) is 16.7 Å². The Balaban J connectivity index is 2.07. The summed E-state index contributed by atoms with van der Waals surface area (Å²) in [6, 6.07) is 1.95. The van der Waals surface area contributed by atoms with Crippen molar-refractivity contribution in [2.45, 2.75) is 69.2 Å². The van der Waals surface area contributed by atoms with Gasteiger partial charge in [0.2, 0.25) is 0 Å². The Kier molecular flexibility index (Phi) is 8.80. The molecular formula is C17H30F2N3O5P. The number of nitrogens with one attached hydrogen (secondary N) is 2. The quantitative estimate of drug-likeness (QED) is 0.351. The van der Waals surface area contributed by atoms with Gasteiger partial charge in [-0.1, -0.05) is 0 Å². The van der Waals surface area contributed by atoms with Gasteiger partial charge in [0.25, 0.3) is 0 Å². The lowest BCUT2D eigenvalue weighted by Crippen LogP contribution is -2.40. The van der Waals surface area contributed by atoms with Crippen molar-refractivity contribution in [2.75, 3.05) is 26.7 Å². The lowest BCUT2D eigenvalue weighted by Gasteiger charge is -2.31. The molecule has 2 heterocycles. The minimum absolute atomic E-state index is 0.00648. The molecule has 0 aromatic heterocycles. The van der Waals surface area contributed by atoms with Crippen molar-refractivity contribution in [3.63, 3.8) is 0 Å². The number of nitrogens with zero attached hydrogens (tertiary/aromatic N) is 1. The normalized spacial score (nSPS) is 40.3.